The predicted molar refractivity (Wildman–Crippen MR) is 67.8 cm³/mol. The van der Waals surface area contributed by atoms with Crippen molar-refractivity contribution in [3.8, 4) is 0 Å². The van der Waals surface area contributed by atoms with Crippen LogP contribution in [0.25, 0.3) is 0 Å². The van der Waals surface area contributed by atoms with Gasteiger partial charge in [-0.3, -0.25) is 0 Å². The molecule has 0 aliphatic carbocycles. The Labute approximate surface area is 95.6 Å². The quantitative estimate of drug-likeness (QED) is 0.669. The van der Waals surface area contributed by atoms with Gasteiger partial charge < -0.3 is 23.4 Å². The molecule has 0 bridgehead atoms. The van der Waals surface area contributed by atoms with E-state index in [0.717, 1.165) is 0 Å². The molecule has 0 spiro atoms. The van der Waals surface area contributed by atoms with Crippen molar-refractivity contribution >= 4 is 17.1 Å². The highest BCUT2D eigenvalue weighted by molar-refractivity contribution is 6.74. The van der Waals surface area contributed by atoms with Gasteiger partial charge >= 0.3 is 8.72 Å². The summed E-state index contributed by atoms with van der Waals surface area (Å²) in [5.74, 6) is 0. The molecular weight excluding hydrogens is 226 g/mol. The van der Waals surface area contributed by atoms with E-state index in [1.165, 1.54) is 0 Å². The molecule has 5 nitrogen and oxygen atoms in total. The topological polar surface area (TPSA) is 51.0 Å². The molecule has 0 aromatic heterocycles. The molecule has 7 heteroatoms. The van der Waals surface area contributed by atoms with Gasteiger partial charge in [-0.15, -0.1) is 0 Å². The van der Waals surface area contributed by atoms with Gasteiger partial charge in [-0.1, -0.05) is 0 Å². The Morgan fingerprint density at radius 2 is 1.47 bits per heavy atom. The predicted octanol–water partition coefficient (Wildman–Crippen LogP) is -0.0888. The first-order valence-electron chi connectivity index (χ1n) is 4.98. The number of hydrogen-bond acceptors (Lipinski definition) is 5. The Hall–Kier alpha value is 0.234. The summed E-state index contributed by atoms with van der Waals surface area (Å²) >= 11 is 0. The van der Waals surface area contributed by atoms with Crippen LogP contribution < -0.4 is 5.40 Å². The van der Waals surface area contributed by atoms with Gasteiger partial charge in [0.2, 0.25) is 8.40 Å². The Morgan fingerprint density at radius 1 is 1.07 bits per heavy atom. The second-order valence-electron chi connectivity index (χ2n) is 4.51. The summed E-state index contributed by atoms with van der Waals surface area (Å²) in [6.45, 7) is 4.10. The van der Waals surface area contributed by atoms with Crippen LogP contribution >= 0.6 is 0 Å². The lowest BCUT2D eigenvalue weighted by Crippen LogP contribution is -2.64. The fraction of sp³-hybridized carbons (Fsp3) is 1.00. The lowest BCUT2D eigenvalue weighted by molar-refractivity contribution is 0.223. The first kappa shape index (κ1) is 15.2. The summed E-state index contributed by atoms with van der Waals surface area (Å²) in [6.07, 6.45) is 0.667. The molecule has 15 heavy (non-hydrogen) atoms. The lowest BCUT2D eigenvalue weighted by Gasteiger charge is -2.40. The Balaban J connectivity index is 4.45. The lowest BCUT2D eigenvalue weighted by atomic mass is 11.2. The molecule has 0 amide bonds. The zero-order valence-electron chi connectivity index (χ0n) is 11.0. The maximum Gasteiger partial charge on any atom is 0.418 e. The molecule has 0 fully saturated rings. The van der Waals surface area contributed by atoms with E-state index in [4.69, 9.17) is 14.3 Å². The summed E-state index contributed by atoms with van der Waals surface area (Å²) in [5, 5.41) is 5.90. The van der Waals surface area contributed by atoms with E-state index in [0.29, 0.717) is 6.23 Å². The van der Waals surface area contributed by atoms with Crippen molar-refractivity contribution in [2.45, 2.75) is 13.1 Å². The Bertz CT molecular complexity index is 192. The highest BCUT2D eigenvalue weighted by Gasteiger charge is 2.37. The minimum Gasteiger partial charge on any atom is -0.386 e. The first-order chi connectivity index (χ1) is 6.65. The number of nitrogens with zero attached hydrogens (tertiary/aromatic N) is 2. The molecule has 0 heterocycles. The van der Waals surface area contributed by atoms with E-state index in [1.807, 2.05) is 6.55 Å². The van der Waals surface area contributed by atoms with Crippen LogP contribution in [0.4, 0.5) is 0 Å². The van der Waals surface area contributed by atoms with Crippen molar-refractivity contribution in [2.24, 2.45) is 5.40 Å². The van der Waals surface area contributed by atoms with Gasteiger partial charge in [0.1, 0.15) is 0 Å². The minimum atomic E-state index is -2.40. The highest BCUT2D eigenvalue weighted by Crippen LogP contribution is 2.11. The monoisotopic (exact) mass is 251 g/mol. The van der Waals surface area contributed by atoms with Crippen molar-refractivity contribution in [1.82, 2.24) is 9.13 Å². The van der Waals surface area contributed by atoms with E-state index in [-0.39, 0.29) is 0 Å². The van der Waals surface area contributed by atoms with E-state index in [2.05, 4.69) is 43.9 Å². The van der Waals surface area contributed by atoms with E-state index in [9.17, 15) is 0 Å². The number of rotatable bonds is 6. The van der Waals surface area contributed by atoms with Crippen LogP contribution in [-0.4, -0.2) is 67.8 Å². The van der Waals surface area contributed by atoms with Crippen LogP contribution in [0, 0.1) is 0 Å². The smallest absolute Gasteiger partial charge is 0.386 e. The van der Waals surface area contributed by atoms with Crippen LogP contribution in [-0.2, 0) is 8.85 Å². The summed E-state index contributed by atoms with van der Waals surface area (Å²) in [4.78, 5) is 0. The van der Waals surface area contributed by atoms with Crippen molar-refractivity contribution in [3.05, 3.63) is 0 Å². The van der Waals surface area contributed by atoms with Crippen LogP contribution in [0.3, 0.4) is 0 Å². The molecule has 0 aliphatic heterocycles. The second-order valence-corrected chi connectivity index (χ2v) is 11.8. The minimum absolute atomic E-state index is 0.667. The average Bonchev–Trinajstić information content (AvgIpc) is 2.13. The fourth-order valence-electron chi connectivity index (χ4n) is 0.997. The molecule has 0 aromatic rings. The zero-order valence-corrected chi connectivity index (χ0v) is 13.0. The fourth-order valence-corrected chi connectivity index (χ4v) is 4.67. The molecule has 0 aromatic carbocycles. The third-order valence-corrected chi connectivity index (χ3v) is 9.33. The van der Waals surface area contributed by atoms with Gasteiger partial charge in [0.25, 0.3) is 0 Å². The van der Waals surface area contributed by atoms with Gasteiger partial charge in [-0.2, -0.15) is 0 Å². The average molecular weight is 251 g/mol. The summed E-state index contributed by atoms with van der Waals surface area (Å²) in [6, 6.07) is 0. The van der Waals surface area contributed by atoms with Gasteiger partial charge in [-0.25, -0.2) is 0 Å². The Kier molecular flexibility index (Phi) is 5.61. The number of hydrogen-bond donors (Lipinski definition) is 1. The maximum absolute atomic E-state index is 5.90. The van der Waals surface area contributed by atoms with E-state index < -0.39 is 17.1 Å². The van der Waals surface area contributed by atoms with E-state index in [1.54, 1.807) is 7.11 Å². The van der Waals surface area contributed by atoms with Gasteiger partial charge in [0.05, 0.1) is 6.23 Å². The molecule has 0 rings (SSSR count). The van der Waals surface area contributed by atoms with Crippen molar-refractivity contribution in [3.63, 3.8) is 0 Å². The second kappa shape index (κ2) is 5.53. The van der Waals surface area contributed by atoms with Crippen LogP contribution in [0.5, 0.6) is 0 Å². The largest absolute Gasteiger partial charge is 0.418 e. The van der Waals surface area contributed by atoms with Crippen molar-refractivity contribution in [2.75, 3.05) is 41.5 Å². The molecule has 1 unspecified atom stereocenters. The highest BCUT2D eigenvalue weighted by atomic mass is 28.4. The first-order valence-corrected chi connectivity index (χ1v) is 9.98. The van der Waals surface area contributed by atoms with E-state index >= 15 is 0 Å². The Morgan fingerprint density at radius 3 is 1.73 bits per heavy atom. The maximum atomic E-state index is 5.90. The van der Waals surface area contributed by atoms with Crippen LogP contribution in [0.1, 0.15) is 0 Å². The van der Waals surface area contributed by atoms with Gasteiger partial charge in [-0.05, 0) is 41.3 Å². The normalized spacial score (nSPS) is 17.2. The van der Waals surface area contributed by atoms with Crippen molar-refractivity contribution in [1.29, 1.82) is 0 Å². The summed E-state index contributed by atoms with van der Waals surface area (Å²) < 4.78 is 15.4. The molecule has 0 saturated carbocycles. The molecule has 0 aliphatic rings. The standard InChI is InChI=1S/C8H25N3O2Si2/c1-10(2)14(6,11(3)4)8-13-15(7,9)12-5/h8-9H2,1-7H3. The summed E-state index contributed by atoms with van der Waals surface area (Å²) in [7, 11) is 5.82. The molecule has 0 radical (unpaired) electrons. The molecular formula is C8H25N3O2Si2. The van der Waals surface area contributed by atoms with Crippen LogP contribution in [0.15, 0.2) is 0 Å². The van der Waals surface area contributed by atoms with Crippen LogP contribution in [0.2, 0.25) is 13.1 Å². The zero-order chi connectivity index (χ0) is 12.3. The summed E-state index contributed by atoms with van der Waals surface area (Å²) in [5.41, 5.74) is 0. The molecule has 1 atom stereocenters. The SMILES string of the molecule is CO[Si](C)(N)OC[Si](C)(N(C)C)N(C)C. The third-order valence-electron chi connectivity index (χ3n) is 2.96. The third kappa shape index (κ3) is 4.31. The molecule has 0 saturated heterocycles. The number of nitrogens with two attached hydrogens (primary N) is 1. The molecule has 2 N–H and O–H groups in total. The van der Waals surface area contributed by atoms with Gasteiger partial charge in [0.15, 0.2) is 0 Å². The molecule has 92 valence electrons. The van der Waals surface area contributed by atoms with Crippen molar-refractivity contribution < 1.29 is 8.85 Å². The van der Waals surface area contributed by atoms with Gasteiger partial charge in [0, 0.05) is 7.11 Å².